The van der Waals surface area contributed by atoms with Crippen molar-refractivity contribution in [2.75, 3.05) is 5.32 Å². The van der Waals surface area contributed by atoms with Crippen molar-refractivity contribution in [2.45, 2.75) is 32.7 Å². The number of aromatic nitrogens is 3. The minimum absolute atomic E-state index is 0.130. The van der Waals surface area contributed by atoms with Crippen LogP contribution >= 0.6 is 0 Å². The van der Waals surface area contributed by atoms with Crippen molar-refractivity contribution in [3.63, 3.8) is 0 Å². The molecule has 0 atom stereocenters. The Labute approximate surface area is 123 Å². The van der Waals surface area contributed by atoms with Crippen molar-refractivity contribution < 1.29 is 4.92 Å². The molecule has 0 amide bonds. The zero-order valence-electron chi connectivity index (χ0n) is 12.6. The molecule has 0 spiro atoms. The van der Waals surface area contributed by atoms with Gasteiger partial charge in [0.1, 0.15) is 12.2 Å². The lowest BCUT2D eigenvalue weighted by Gasteiger charge is -2.19. The molecular weight excluding hydrogens is 270 g/mol. The molecule has 0 aliphatic carbocycles. The molecule has 0 fully saturated rings. The van der Waals surface area contributed by atoms with Crippen molar-refractivity contribution in [1.29, 1.82) is 0 Å². The van der Waals surface area contributed by atoms with Crippen LogP contribution in [0, 0.1) is 10.1 Å². The van der Waals surface area contributed by atoms with Crippen LogP contribution in [0.2, 0.25) is 0 Å². The Morgan fingerprint density at radius 3 is 2.62 bits per heavy atom. The molecule has 1 heterocycles. The molecule has 2 rings (SSSR count). The van der Waals surface area contributed by atoms with Gasteiger partial charge in [0.2, 0.25) is 0 Å². The first-order valence-electron chi connectivity index (χ1n) is 6.64. The first-order chi connectivity index (χ1) is 9.79. The summed E-state index contributed by atoms with van der Waals surface area (Å²) in [6, 6.07) is 5.22. The summed E-state index contributed by atoms with van der Waals surface area (Å²) in [5.41, 5.74) is 1.27. The number of rotatable bonds is 4. The summed E-state index contributed by atoms with van der Waals surface area (Å²) in [6.07, 6.45) is 1.47. The molecule has 7 heteroatoms. The van der Waals surface area contributed by atoms with E-state index in [-0.39, 0.29) is 16.0 Å². The fourth-order valence-electron chi connectivity index (χ4n) is 2.09. The smallest absolute Gasteiger partial charge is 0.275 e. The van der Waals surface area contributed by atoms with Crippen LogP contribution in [-0.4, -0.2) is 19.7 Å². The molecule has 1 N–H and O–H groups in total. The predicted molar refractivity (Wildman–Crippen MR) is 80.1 cm³/mol. The van der Waals surface area contributed by atoms with Gasteiger partial charge in [-0.25, -0.2) is 4.98 Å². The summed E-state index contributed by atoms with van der Waals surface area (Å²) in [4.78, 5) is 15.0. The van der Waals surface area contributed by atoms with Crippen molar-refractivity contribution in [3.8, 4) is 0 Å². The van der Waals surface area contributed by atoms with Crippen molar-refractivity contribution in [1.82, 2.24) is 14.8 Å². The highest BCUT2D eigenvalue weighted by Gasteiger charge is 2.24. The van der Waals surface area contributed by atoms with Crippen LogP contribution in [-0.2, 0) is 19.0 Å². The van der Waals surface area contributed by atoms with Gasteiger partial charge in [-0.1, -0.05) is 20.8 Å². The highest BCUT2D eigenvalue weighted by atomic mass is 16.6. The lowest BCUT2D eigenvalue weighted by atomic mass is 9.85. The molecule has 21 heavy (non-hydrogen) atoms. The number of nitrogens with zero attached hydrogens (tertiary/aromatic N) is 4. The molecule has 1 aromatic heterocycles. The number of nitro groups is 1. The maximum atomic E-state index is 11.3. The third-order valence-electron chi connectivity index (χ3n) is 3.26. The number of anilines is 1. The predicted octanol–water partition coefficient (Wildman–Crippen LogP) is 2.63. The number of nitro benzene ring substituents is 1. The van der Waals surface area contributed by atoms with Crippen LogP contribution in [0.5, 0.6) is 0 Å². The van der Waals surface area contributed by atoms with E-state index in [9.17, 15) is 10.1 Å². The molecule has 7 nitrogen and oxygen atoms in total. The van der Waals surface area contributed by atoms with Crippen LogP contribution < -0.4 is 5.32 Å². The van der Waals surface area contributed by atoms with Gasteiger partial charge < -0.3 is 5.32 Å². The Balaban J connectivity index is 2.24. The lowest BCUT2D eigenvalue weighted by Crippen LogP contribution is -2.14. The van der Waals surface area contributed by atoms with E-state index in [1.165, 1.54) is 6.33 Å². The Morgan fingerprint density at radius 2 is 2.10 bits per heavy atom. The van der Waals surface area contributed by atoms with Gasteiger partial charge in [0.05, 0.1) is 11.5 Å². The number of benzene rings is 1. The minimum atomic E-state index is -0.339. The SMILES string of the molecule is Cn1ncnc1CNc1ccc(C(C)(C)C)c([N+](=O)[O-])c1. The fraction of sp³-hybridized carbons (Fsp3) is 0.429. The molecule has 0 saturated carbocycles. The first-order valence-corrected chi connectivity index (χ1v) is 6.64. The topological polar surface area (TPSA) is 85.9 Å². The molecule has 0 aliphatic rings. The zero-order valence-corrected chi connectivity index (χ0v) is 12.6. The molecule has 0 saturated heterocycles. The van der Waals surface area contributed by atoms with E-state index in [1.54, 1.807) is 23.9 Å². The van der Waals surface area contributed by atoms with Gasteiger partial charge in [-0.2, -0.15) is 5.10 Å². The van der Waals surface area contributed by atoms with Gasteiger partial charge in [0, 0.05) is 24.4 Å². The molecule has 112 valence electrons. The van der Waals surface area contributed by atoms with E-state index in [4.69, 9.17) is 0 Å². The van der Waals surface area contributed by atoms with Gasteiger partial charge in [-0.15, -0.1) is 0 Å². The third kappa shape index (κ3) is 3.36. The normalized spacial score (nSPS) is 11.4. The first kappa shape index (κ1) is 15.0. The summed E-state index contributed by atoms with van der Waals surface area (Å²) < 4.78 is 1.66. The molecule has 0 aliphatic heterocycles. The maximum Gasteiger partial charge on any atom is 0.275 e. The van der Waals surface area contributed by atoms with Gasteiger partial charge >= 0.3 is 0 Å². The average molecular weight is 289 g/mol. The van der Waals surface area contributed by atoms with E-state index < -0.39 is 0 Å². The number of nitrogens with one attached hydrogen (secondary N) is 1. The standard InChI is InChI=1S/C14H19N5O2/c1-14(2,3)11-6-5-10(7-12(11)19(20)21)15-8-13-16-9-17-18(13)4/h5-7,9,15H,8H2,1-4H3. The summed E-state index contributed by atoms with van der Waals surface area (Å²) in [6.45, 7) is 6.34. The van der Waals surface area contributed by atoms with Crippen molar-refractivity contribution >= 4 is 11.4 Å². The number of aryl methyl sites for hydroxylation is 1. The Morgan fingerprint density at radius 1 is 1.38 bits per heavy atom. The van der Waals surface area contributed by atoms with E-state index in [0.29, 0.717) is 12.2 Å². The van der Waals surface area contributed by atoms with Crippen LogP contribution in [0.15, 0.2) is 24.5 Å². The Bertz CT molecular complexity index is 658. The quantitative estimate of drug-likeness (QED) is 0.690. The van der Waals surface area contributed by atoms with E-state index in [0.717, 1.165) is 11.4 Å². The van der Waals surface area contributed by atoms with E-state index in [2.05, 4.69) is 15.4 Å². The third-order valence-corrected chi connectivity index (χ3v) is 3.26. The molecule has 0 radical (unpaired) electrons. The average Bonchev–Trinajstić information content (AvgIpc) is 2.80. The van der Waals surface area contributed by atoms with Crippen LogP contribution in [0.25, 0.3) is 0 Å². The fourth-order valence-corrected chi connectivity index (χ4v) is 2.09. The second-order valence-electron chi connectivity index (χ2n) is 5.89. The van der Waals surface area contributed by atoms with Crippen LogP contribution in [0.1, 0.15) is 32.2 Å². The van der Waals surface area contributed by atoms with Crippen LogP contribution in [0.4, 0.5) is 11.4 Å². The molecular formula is C14H19N5O2. The van der Waals surface area contributed by atoms with Gasteiger partial charge in [0.25, 0.3) is 5.69 Å². The Kier molecular flexibility index (Phi) is 3.93. The van der Waals surface area contributed by atoms with E-state index >= 15 is 0 Å². The van der Waals surface area contributed by atoms with Crippen molar-refractivity contribution in [2.24, 2.45) is 7.05 Å². The second-order valence-corrected chi connectivity index (χ2v) is 5.89. The van der Waals surface area contributed by atoms with Gasteiger partial charge in [-0.3, -0.25) is 14.8 Å². The lowest BCUT2D eigenvalue weighted by molar-refractivity contribution is -0.385. The monoisotopic (exact) mass is 289 g/mol. The summed E-state index contributed by atoms with van der Waals surface area (Å²) in [7, 11) is 1.80. The highest BCUT2D eigenvalue weighted by Crippen LogP contribution is 2.33. The highest BCUT2D eigenvalue weighted by molar-refractivity contribution is 5.57. The summed E-state index contributed by atoms with van der Waals surface area (Å²) >= 11 is 0. The summed E-state index contributed by atoms with van der Waals surface area (Å²) in [5, 5.41) is 18.4. The molecule has 1 aromatic carbocycles. The van der Waals surface area contributed by atoms with Gasteiger partial charge in [0.15, 0.2) is 0 Å². The summed E-state index contributed by atoms with van der Waals surface area (Å²) in [5.74, 6) is 0.762. The van der Waals surface area contributed by atoms with Crippen LogP contribution in [0.3, 0.4) is 0 Å². The zero-order chi connectivity index (χ0) is 15.6. The number of hydrogen-bond acceptors (Lipinski definition) is 5. The second kappa shape index (κ2) is 5.51. The minimum Gasteiger partial charge on any atom is -0.378 e. The molecule has 0 bridgehead atoms. The Hall–Kier alpha value is -2.44. The van der Waals surface area contributed by atoms with Gasteiger partial charge in [-0.05, 0) is 17.5 Å². The largest absolute Gasteiger partial charge is 0.378 e. The molecule has 2 aromatic rings. The molecule has 0 unspecified atom stereocenters. The van der Waals surface area contributed by atoms with E-state index in [1.807, 2.05) is 26.8 Å². The maximum absolute atomic E-state index is 11.3. The van der Waals surface area contributed by atoms with Crippen molar-refractivity contribution in [3.05, 3.63) is 46.0 Å². The number of hydrogen-bond donors (Lipinski definition) is 1.